The minimum atomic E-state index is -0.404. The topological polar surface area (TPSA) is 55.8 Å². The Hall–Kier alpha value is -1.86. The second-order valence-electron chi connectivity index (χ2n) is 6.20. The van der Waals surface area contributed by atoms with Crippen LogP contribution in [0.25, 0.3) is 6.08 Å². The van der Waals surface area contributed by atoms with Crippen LogP contribution in [0.1, 0.15) is 25.0 Å². The monoisotopic (exact) mass is 485 g/mol. The smallest absolute Gasteiger partial charge is 0.293 e. The van der Waals surface area contributed by atoms with Gasteiger partial charge in [0.1, 0.15) is 0 Å². The molecule has 2 aromatic carbocycles. The summed E-state index contributed by atoms with van der Waals surface area (Å²) in [7, 11) is 0. The molecule has 0 N–H and O–H groups in total. The standard InChI is InChI=1S/C21H18Cl3NO4S/c1-3-28-17-8-12(7-16(24)19(17)29-4-2)9-18-20(26)25(21(27)30-18)11-13-5-6-14(22)10-15(13)23/h5-10H,3-4,11H2,1-2H3/b18-9+. The molecule has 1 fully saturated rings. The predicted octanol–water partition coefficient (Wildman–Crippen LogP) is 6.68. The van der Waals surface area contributed by atoms with Crippen molar-refractivity contribution in [3.05, 3.63) is 61.4 Å². The van der Waals surface area contributed by atoms with Crippen molar-refractivity contribution in [3.8, 4) is 11.5 Å². The zero-order valence-electron chi connectivity index (χ0n) is 16.2. The zero-order valence-corrected chi connectivity index (χ0v) is 19.3. The molecule has 0 radical (unpaired) electrons. The molecular formula is C21H18Cl3NO4S. The maximum atomic E-state index is 12.8. The van der Waals surface area contributed by atoms with E-state index in [1.165, 1.54) is 0 Å². The third kappa shape index (κ3) is 5.06. The fourth-order valence-corrected chi connectivity index (χ4v) is 4.41. The number of carbonyl (C=O) groups excluding carboxylic acids is 2. The van der Waals surface area contributed by atoms with E-state index >= 15 is 0 Å². The van der Waals surface area contributed by atoms with E-state index in [-0.39, 0.29) is 16.7 Å². The van der Waals surface area contributed by atoms with Crippen molar-refractivity contribution < 1.29 is 19.1 Å². The zero-order chi connectivity index (χ0) is 21.8. The van der Waals surface area contributed by atoms with E-state index in [1.807, 2.05) is 13.8 Å². The number of halogens is 3. The summed E-state index contributed by atoms with van der Waals surface area (Å²) >= 11 is 19.3. The number of hydrogen-bond acceptors (Lipinski definition) is 5. The molecule has 0 aliphatic carbocycles. The Morgan fingerprint density at radius 2 is 1.73 bits per heavy atom. The number of ether oxygens (including phenoxy) is 2. The van der Waals surface area contributed by atoms with E-state index in [4.69, 9.17) is 44.3 Å². The van der Waals surface area contributed by atoms with Gasteiger partial charge in [0.2, 0.25) is 0 Å². The highest BCUT2D eigenvalue weighted by Gasteiger charge is 2.35. The summed E-state index contributed by atoms with van der Waals surface area (Å²) in [4.78, 5) is 26.7. The third-order valence-electron chi connectivity index (χ3n) is 4.14. The number of benzene rings is 2. The molecule has 2 aromatic rings. The Labute approximate surface area is 193 Å². The van der Waals surface area contributed by atoms with E-state index < -0.39 is 5.91 Å². The van der Waals surface area contributed by atoms with Gasteiger partial charge in [-0.15, -0.1) is 0 Å². The molecule has 30 heavy (non-hydrogen) atoms. The molecule has 0 aromatic heterocycles. The molecule has 0 saturated carbocycles. The van der Waals surface area contributed by atoms with Crippen molar-refractivity contribution in [3.63, 3.8) is 0 Å². The minimum absolute atomic E-state index is 0.0617. The fourth-order valence-electron chi connectivity index (χ4n) is 2.83. The second-order valence-corrected chi connectivity index (χ2v) is 8.44. The lowest BCUT2D eigenvalue weighted by Gasteiger charge is -2.14. The van der Waals surface area contributed by atoms with E-state index in [9.17, 15) is 9.59 Å². The van der Waals surface area contributed by atoms with Gasteiger partial charge in [-0.25, -0.2) is 0 Å². The molecule has 3 rings (SSSR count). The lowest BCUT2D eigenvalue weighted by molar-refractivity contribution is -0.123. The van der Waals surface area contributed by atoms with Crippen molar-refractivity contribution >= 4 is 63.8 Å². The second kappa shape index (κ2) is 9.96. The van der Waals surface area contributed by atoms with E-state index in [2.05, 4.69) is 0 Å². The molecule has 9 heteroatoms. The average Bonchev–Trinajstić information content (AvgIpc) is 2.94. The van der Waals surface area contributed by atoms with Gasteiger partial charge in [-0.05, 0) is 67.1 Å². The maximum absolute atomic E-state index is 12.8. The van der Waals surface area contributed by atoms with Crippen molar-refractivity contribution in [1.82, 2.24) is 4.90 Å². The van der Waals surface area contributed by atoms with Crippen LogP contribution >= 0.6 is 46.6 Å². The van der Waals surface area contributed by atoms with E-state index in [1.54, 1.807) is 36.4 Å². The number of imide groups is 1. The van der Waals surface area contributed by atoms with Gasteiger partial charge >= 0.3 is 0 Å². The molecular weight excluding hydrogens is 469 g/mol. The minimum Gasteiger partial charge on any atom is -0.490 e. The highest BCUT2D eigenvalue weighted by Crippen LogP contribution is 2.39. The maximum Gasteiger partial charge on any atom is 0.293 e. The van der Waals surface area contributed by atoms with Crippen LogP contribution in [0.4, 0.5) is 4.79 Å². The van der Waals surface area contributed by atoms with Crippen LogP contribution in [-0.4, -0.2) is 29.3 Å². The SMILES string of the molecule is CCOc1cc(/C=C2/SC(=O)N(Cc3ccc(Cl)cc3Cl)C2=O)cc(Cl)c1OCC. The average molecular weight is 487 g/mol. The van der Waals surface area contributed by atoms with Crippen molar-refractivity contribution in [2.75, 3.05) is 13.2 Å². The number of hydrogen-bond donors (Lipinski definition) is 0. The van der Waals surface area contributed by atoms with E-state index in [0.717, 1.165) is 16.7 Å². The molecule has 1 aliphatic heterocycles. The first-order valence-electron chi connectivity index (χ1n) is 9.12. The quantitative estimate of drug-likeness (QED) is 0.409. The van der Waals surface area contributed by atoms with Gasteiger partial charge in [-0.3, -0.25) is 14.5 Å². The largest absolute Gasteiger partial charge is 0.490 e. The Balaban J connectivity index is 1.88. The molecule has 0 bridgehead atoms. The van der Waals surface area contributed by atoms with Gasteiger partial charge in [0.25, 0.3) is 11.1 Å². The molecule has 0 atom stereocenters. The molecule has 2 amide bonds. The summed E-state index contributed by atoms with van der Waals surface area (Å²) in [5.74, 6) is 0.521. The molecule has 158 valence electrons. The third-order valence-corrected chi connectivity index (χ3v) is 5.91. The summed E-state index contributed by atoms with van der Waals surface area (Å²) in [6, 6.07) is 8.32. The normalized spacial score (nSPS) is 15.2. The lowest BCUT2D eigenvalue weighted by atomic mass is 10.1. The number of rotatable bonds is 7. The van der Waals surface area contributed by atoms with Crippen molar-refractivity contribution in [2.45, 2.75) is 20.4 Å². The Kier molecular flexibility index (Phi) is 7.58. The van der Waals surface area contributed by atoms with Crippen LogP contribution in [0.3, 0.4) is 0 Å². The van der Waals surface area contributed by atoms with Crippen LogP contribution in [0, 0.1) is 0 Å². The summed E-state index contributed by atoms with van der Waals surface area (Å²) in [5.41, 5.74) is 1.26. The fraction of sp³-hybridized carbons (Fsp3) is 0.238. The molecule has 1 heterocycles. The van der Waals surface area contributed by atoms with Gasteiger partial charge in [0.15, 0.2) is 11.5 Å². The van der Waals surface area contributed by atoms with Gasteiger partial charge in [-0.1, -0.05) is 40.9 Å². The van der Waals surface area contributed by atoms with E-state index in [0.29, 0.717) is 50.9 Å². The molecule has 0 spiro atoms. The first-order chi connectivity index (χ1) is 14.3. The van der Waals surface area contributed by atoms with Crippen LogP contribution < -0.4 is 9.47 Å². The summed E-state index contributed by atoms with van der Waals surface area (Å²) in [6.45, 7) is 4.63. The molecule has 0 unspecified atom stereocenters. The van der Waals surface area contributed by atoms with Crippen molar-refractivity contribution in [2.24, 2.45) is 0 Å². The number of thioether (sulfide) groups is 1. The Bertz CT molecular complexity index is 1030. The van der Waals surface area contributed by atoms with Crippen LogP contribution in [0.2, 0.25) is 15.1 Å². The van der Waals surface area contributed by atoms with Gasteiger partial charge in [-0.2, -0.15) is 0 Å². The summed E-state index contributed by atoms with van der Waals surface area (Å²) in [6.07, 6.45) is 1.61. The summed E-state index contributed by atoms with van der Waals surface area (Å²) in [5, 5.41) is 0.862. The van der Waals surface area contributed by atoms with Gasteiger partial charge in [0.05, 0.1) is 29.7 Å². The number of amides is 2. The Morgan fingerprint density at radius 1 is 1.00 bits per heavy atom. The highest BCUT2D eigenvalue weighted by atomic mass is 35.5. The van der Waals surface area contributed by atoms with Crippen LogP contribution in [-0.2, 0) is 11.3 Å². The van der Waals surface area contributed by atoms with Crippen LogP contribution in [0.15, 0.2) is 35.2 Å². The first kappa shape index (κ1) is 22.8. The number of carbonyl (C=O) groups is 2. The summed E-state index contributed by atoms with van der Waals surface area (Å²) < 4.78 is 11.2. The number of nitrogens with zero attached hydrogens (tertiary/aromatic N) is 1. The molecule has 1 saturated heterocycles. The Morgan fingerprint density at radius 3 is 2.40 bits per heavy atom. The lowest BCUT2D eigenvalue weighted by Crippen LogP contribution is -2.27. The van der Waals surface area contributed by atoms with Gasteiger partial charge < -0.3 is 9.47 Å². The van der Waals surface area contributed by atoms with Crippen LogP contribution in [0.5, 0.6) is 11.5 Å². The molecule has 1 aliphatic rings. The molecule has 5 nitrogen and oxygen atoms in total. The highest BCUT2D eigenvalue weighted by molar-refractivity contribution is 8.18. The van der Waals surface area contributed by atoms with Gasteiger partial charge in [0, 0.05) is 10.0 Å². The predicted molar refractivity (Wildman–Crippen MR) is 122 cm³/mol. The first-order valence-corrected chi connectivity index (χ1v) is 11.1. The van der Waals surface area contributed by atoms with Crippen molar-refractivity contribution in [1.29, 1.82) is 0 Å².